The largest absolute Gasteiger partial charge is 0.322 e. The second-order valence-corrected chi connectivity index (χ2v) is 6.81. The smallest absolute Gasteiger partial charge is 0.244 e. The first-order valence-electron chi connectivity index (χ1n) is 7.67. The van der Waals surface area contributed by atoms with Gasteiger partial charge in [-0.3, -0.25) is 10.1 Å². The van der Waals surface area contributed by atoms with E-state index < -0.39 is 0 Å². The molecule has 0 spiro atoms. The predicted octanol–water partition coefficient (Wildman–Crippen LogP) is 2.51. The Morgan fingerprint density at radius 3 is 2.50 bits per heavy atom. The highest BCUT2D eigenvalue weighted by molar-refractivity contribution is 5.89. The molecule has 1 saturated heterocycles. The van der Waals surface area contributed by atoms with Gasteiger partial charge in [-0.25, -0.2) is 0 Å². The van der Waals surface area contributed by atoms with Gasteiger partial charge in [-0.15, -0.1) is 0 Å². The first-order chi connectivity index (χ1) is 8.57. The summed E-state index contributed by atoms with van der Waals surface area (Å²) < 4.78 is 0. The van der Waals surface area contributed by atoms with Gasteiger partial charge in [0.25, 0.3) is 0 Å². The highest BCUT2D eigenvalue weighted by Crippen LogP contribution is 2.44. The average Bonchev–Trinajstić information content (AvgIpc) is 2.83. The Hall–Kier alpha value is -0.570. The molecular formula is C15H26N2O. The van der Waals surface area contributed by atoms with Crippen molar-refractivity contribution in [2.24, 2.45) is 11.8 Å². The summed E-state index contributed by atoms with van der Waals surface area (Å²) in [5.41, 5.74) is -0.310. The molecule has 18 heavy (non-hydrogen) atoms. The average molecular weight is 250 g/mol. The predicted molar refractivity (Wildman–Crippen MR) is 72.0 cm³/mol. The van der Waals surface area contributed by atoms with E-state index in [1.165, 1.54) is 32.1 Å². The van der Waals surface area contributed by atoms with Gasteiger partial charge in [0.05, 0.1) is 11.7 Å². The molecular weight excluding hydrogens is 224 g/mol. The van der Waals surface area contributed by atoms with Crippen molar-refractivity contribution in [3.05, 3.63) is 0 Å². The van der Waals surface area contributed by atoms with Crippen LogP contribution in [-0.4, -0.2) is 28.6 Å². The molecule has 3 aliphatic rings. The second kappa shape index (κ2) is 4.22. The van der Waals surface area contributed by atoms with Crippen LogP contribution in [0, 0.1) is 11.8 Å². The Balaban J connectivity index is 1.84. The minimum Gasteiger partial charge on any atom is -0.322 e. The summed E-state index contributed by atoms with van der Waals surface area (Å²) in [5.74, 6) is 1.75. The number of amides is 1. The van der Waals surface area contributed by atoms with E-state index in [2.05, 4.69) is 31.0 Å². The highest BCUT2D eigenvalue weighted by atomic mass is 16.2. The summed E-state index contributed by atoms with van der Waals surface area (Å²) >= 11 is 0. The van der Waals surface area contributed by atoms with Gasteiger partial charge in [0, 0.05) is 6.04 Å². The molecule has 102 valence electrons. The van der Waals surface area contributed by atoms with E-state index in [0.29, 0.717) is 30.0 Å². The zero-order valence-electron chi connectivity index (χ0n) is 11.9. The molecule has 2 saturated carbocycles. The van der Waals surface area contributed by atoms with Crippen LogP contribution >= 0.6 is 0 Å². The monoisotopic (exact) mass is 250 g/mol. The molecule has 3 fully saturated rings. The zero-order valence-corrected chi connectivity index (χ0v) is 11.9. The lowest BCUT2D eigenvalue weighted by atomic mass is 9.99. The Labute approximate surface area is 110 Å². The number of carbonyl (C=O) groups is 1. The molecule has 0 aromatic rings. The van der Waals surface area contributed by atoms with Crippen LogP contribution in [0.25, 0.3) is 0 Å². The van der Waals surface area contributed by atoms with Crippen LogP contribution in [0.3, 0.4) is 0 Å². The maximum atomic E-state index is 12.7. The minimum atomic E-state index is -0.310. The maximum Gasteiger partial charge on any atom is 0.244 e. The van der Waals surface area contributed by atoms with Crippen molar-refractivity contribution >= 4 is 5.91 Å². The minimum absolute atomic E-state index is 0.310. The third kappa shape index (κ3) is 1.78. The van der Waals surface area contributed by atoms with Crippen LogP contribution < -0.4 is 5.32 Å². The van der Waals surface area contributed by atoms with Crippen molar-refractivity contribution in [2.45, 2.75) is 77.0 Å². The van der Waals surface area contributed by atoms with Gasteiger partial charge in [-0.2, -0.15) is 0 Å². The lowest BCUT2D eigenvalue weighted by molar-refractivity contribution is -0.134. The maximum absolute atomic E-state index is 12.7. The number of hydrogen-bond donors (Lipinski definition) is 1. The van der Waals surface area contributed by atoms with Gasteiger partial charge >= 0.3 is 0 Å². The van der Waals surface area contributed by atoms with Gasteiger partial charge in [0.15, 0.2) is 0 Å². The lowest BCUT2D eigenvalue weighted by Gasteiger charge is -2.29. The molecule has 0 aromatic carbocycles. The molecule has 1 N–H and O–H groups in total. The second-order valence-electron chi connectivity index (χ2n) is 6.81. The SMILES string of the molecule is CCC1(C)NC(C2CCCC2)N(C2CC2C)C1=O. The summed E-state index contributed by atoms with van der Waals surface area (Å²) in [7, 11) is 0. The van der Waals surface area contributed by atoms with Crippen molar-refractivity contribution in [1.82, 2.24) is 10.2 Å². The first-order valence-corrected chi connectivity index (χ1v) is 7.67. The molecule has 3 rings (SSSR count). The van der Waals surface area contributed by atoms with Crippen LogP contribution in [0.15, 0.2) is 0 Å². The van der Waals surface area contributed by atoms with E-state index in [1.807, 2.05) is 0 Å². The molecule has 2 aliphatic carbocycles. The number of rotatable bonds is 3. The fourth-order valence-electron chi connectivity index (χ4n) is 3.79. The Morgan fingerprint density at radius 2 is 2.00 bits per heavy atom. The molecule has 3 nitrogen and oxygen atoms in total. The molecule has 1 aliphatic heterocycles. The van der Waals surface area contributed by atoms with Crippen molar-refractivity contribution in [3.63, 3.8) is 0 Å². The first kappa shape index (κ1) is 12.5. The number of hydrogen-bond acceptors (Lipinski definition) is 2. The molecule has 0 aromatic heterocycles. The fourth-order valence-corrected chi connectivity index (χ4v) is 3.79. The van der Waals surface area contributed by atoms with Gasteiger partial charge in [-0.1, -0.05) is 26.7 Å². The Morgan fingerprint density at radius 1 is 1.39 bits per heavy atom. The number of nitrogens with one attached hydrogen (secondary N) is 1. The van der Waals surface area contributed by atoms with Crippen molar-refractivity contribution in [2.75, 3.05) is 0 Å². The van der Waals surface area contributed by atoms with Gasteiger partial charge in [0.1, 0.15) is 0 Å². The van der Waals surface area contributed by atoms with E-state index in [-0.39, 0.29) is 5.54 Å². The topological polar surface area (TPSA) is 32.3 Å². The fraction of sp³-hybridized carbons (Fsp3) is 0.933. The van der Waals surface area contributed by atoms with E-state index in [4.69, 9.17) is 0 Å². The molecule has 1 heterocycles. The lowest BCUT2D eigenvalue weighted by Crippen LogP contribution is -2.45. The van der Waals surface area contributed by atoms with E-state index in [0.717, 1.165) is 6.42 Å². The summed E-state index contributed by atoms with van der Waals surface area (Å²) in [6.45, 7) is 6.48. The summed E-state index contributed by atoms with van der Waals surface area (Å²) in [6, 6.07) is 0.518. The van der Waals surface area contributed by atoms with Crippen LogP contribution in [0.5, 0.6) is 0 Å². The Bertz CT molecular complexity index is 350. The number of carbonyl (C=O) groups excluding carboxylic acids is 1. The van der Waals surface area contributed by atoms with E-state index in [1.54, 1.807) is 0 Å². The Kier molecular flexibility index (Phi) is 2.92. The molecule has 4 unspecified atom stereocenters. The van der Waals surface area contributed by atoms with Crippen LogP contribution in [-0.2, 0) is 4.79 Å². The molecule has 0 radical (unpaired) electrons. The third-order valence-corrected chi connectivity index (χ3v) is 5.45. The van der Waals surface area contributed by atoms with Crippen LogP contribution in [0.1, 0.15) is 59.3 Å². The third-order valence-electron chi connectivity index (χ3n) is 5.45. The van der Waals surface area contributed by atoms with Crippen molar-refractivity contribution in [3.8, 4) is 0 Å². The molecule has 0 bridgehead atoms. The van der Waals surface area contributed by atoms with Gasteiger partial charge in [0.2, 0.25) is 5.91 Å². The van der Waals surface area contributed by atoms with Crippen molar-refractivity contribution in [1.29, 1.82) is 0 Å². The summed E-state index contributed by atoms with van der Waals surface area (Å²) in [5, 5.41) is 3.68. The normalized spacial score (nSPS) is 44.9. The zero-order chi connectivity index (χ0) is 12.9. The van der Waals surface area contributed by atoms with Crippen molar-refractivity contribution < 1.29 is 4.79 Å². The van der Waals surface area contributed by atoms with Gasteiger partial charge in [-0.05, 0) is 44.4 Å². The van der Waals surface area contributed by atoms with Crippen LogP contribution in [0.2, 0.25) is 0 Å². The highest BCUT2D eigenvalue weighted by Gasteiger charge is 2.55. The quantitative estimate of drug-likeness (QED) is 0.834. The molecule has 4 atom stereocenters. The standard InChI is InChI=1S/C15H26N2O/c1-4-15(3)14(18)17(12-9-10(12)2)13(16-15)11-7-5-6-8-11/h10-13,16H,4-9H2,1-3H3. The molecule has 1 amide bonds. The summed E-state index contributed by atoms with van der Waals surface area (Å²) in [4.78, 5) is 14.9. The van der Waals surface area contributed by atoms with Crippen LogP contribution in [0.4, 0.5) is 0 Å². The van der Waals surface area contributed by atoms with Gasteiger partial charge < -0.3 is 4.90 Å². The number of nitrogens with zero attached hydrogens (tertiary/aromatic N) is 1. The molecule has 3 heteroatoms. The van der Waals surface area contributed by atoms with E-state index >= 15 is 0 Å². The van der Waals surface area contributed by atoms with E-state index in [9.17, 15) is 4.79 Å². The summed E-state index contributed by atoms with van der Waals surface area (Å²) in [6.07, 6.45) is 7.69.